The lowest BCUT2D eigenvalue weighted by Crippen LogP contribution is -2.30. The van der Waals surface area contributed by atoms with Crippen molar-refractivity contribution in [2.24, 2.45) is 0 Å². The Morgan fingerprint density at radius 1 is 0.690 bits per heavy atom. The van der Waals surface area contributed by atoms with Crippen molar-refractivity contribution in [1.82, 2.24) is 24.1 Å². The molecule has 1 aliphatic rings. The first kappa shape index (κ1) is 38.9. The van der Waals surface area contributed by atoms with Crippen LogP contribution in [0.1, 0.15) is 22.0 Å². The van der Waals surface area contributed by atoms with Gasteiger partial charge in [0.15, 0.2) is 11.6 Å². The largest absolute Gasteiger partial charge is 0.458 e. The van der Waals surface area contributed by atoms with Gasteiger partial charge < -0.3 is 29.7 Å². The molecule has 0 fully saturated rings. The second kappa shape index (κ2) is 17.2. The van der Waals surface area contributed by atoms with Crippen LogP contribution in [-0.2, 0) is 22.6 Å². The van der Waals surface area contributed by atoms with E-state index < -0.39 is 21.9 Å². The van der Waals surface area contributed by atoms with E-state index in [1.165, 1.54) is 26.4 Å². The Hall–Kier alpha value is -7.40. The van der Waals surface area contributed by atoms with E-state index >= 15 is 0 Å². The van der Waals surface area contributed by atoms with Crippen LogP contribution in [0.2, 0.25) is 0 Å². The standard InChI is InChI=1S/C22H18N4O4.C19H16N4O4S/c1-15-23-14-21(26(28)29)25(15)11-12-30-22(27)18-13-20(16-7-3-2-4-8-16)24-19-10-6-5-9-17(18)19;1-13-20-12-18(23(25)26)21(13)10-11-27-19(24)22-14-6-2-4-8-16(14)28-17-9-5-3-7-15(17)22/h2-10,13-14H,11-12H2,1H3;2-9,12H,10-11H2,1H3. The maximum absolute atomic E-state index is 12.9. The molecule has 17 heteroatoms. The highest BCUT2D eigenvalue weighted by Gasteiger charge is 2.29. The van der Waals surface area contributed by atoms with Crippen molar-refractivity contribution < 1.29 is 28.9 Å². The Morgan fingerprint density at radius 3 is 1.79 bits per heavy atom. The monoisotopic (exact) mass is 798 g/mol. The highest BCUT2D eigenvalue weighted by Crippen LogP contribution is 2.48. The number of esters is 1. The molecule has 1 amide bonds. The summed E-state index contributed by atoms with van der Waals surface area (Å²) in [4.78, 5) is 62.9. The van der Waals surface area contributed by atoms with Crippen LogP contribution in [0.5, 0.6) is 0 Å². The first-order chi connectivity index (χ1) is 28.1. The summed E-state index contributed by atoms with van der Waals surface area (Å²) >= 11 is 1.60. The summed E-state index contributed by atoms with van der Waals surface area (Å²) in [5.41, 5.74) is 4.15. The molecule has 0 saturated carbocycles. The SMILES string of the molecule is Cc1ncc([N+](=O)[O-])n1CCOC(=O)N1c2ccccc2Sc2ccccc21.Cc1ncc([N+](=O)[O-])n1CCOC(=O)c1cc(-c2ccccc2)nc2ccccc12. The predicted molar refractivity (Wildman–Crippen MR) is 215 cm³/mol. The number of nitrogens with zero attached hydrogens (tertiary/aromatic N) is 8. The quantitative estimate of drug-likeness (QED) is 0.0728. The highest BCUT2D eigenvalue weighted by atomic mass is 32.2. The molecule has 0 saturated heterocycles. The van der Waals surface area contributed by atoms with Crippen molar-refractivity contribution >= 4 is 57.7 Å². The molecule has 58 heavy (non-hydrogen) atoms. The summed E-state index contributed by atoms with van der Waals surface area (Å²) in [6.07, 6.45) is 1.87. The zero-order chi connectivity index (χ0) is 40.8. The maximum atomic E-state index is 12.9. The summed E-state index contributed by atoms with van der Waals surface area (Å²) in [5.74, 6) is 0.209. The number of nitro groups is 2. The minimum atomic E-state index is -0.527. The van der Waals surface area contributed by atoms with E-state index in [1.807, 2.05) is 103 Å². The molecule has 8 rings (SSSR count). The normalized spacial score (nSPS) is 11.5. The second-order valence-corrected chi connectivity index (χ2v) is 13.8. The van der Waals surface area contributed by atoms with Crippen molar-refractivity contribution in [2.75, 3.05) is 18.1 Å². The van der Waals surface area contributed by atoms with Gasteiger partial charge in [0.1, 0.15) is 38.7 Å². The highest BCUT2D eigenvalue weighted by molar-refractivity contribution is 7.99. The molecule has 0 atom stereocenters. The van der Waals surface area contributed by atoms with Gasteiger partial charge in [0.05, 0.1) is 28.1 Å². The lowest BCUT2D eigenvalue weighted by atomic mass is 10.0. The number of imidazole rings is 2. The molecule has 0 bridgehead atoms. The molecule has 0 N–H and O–H groups in total. The van der Waals surface area contributed by atoms with Crippen LogP contribution in [0.3, 0.4) is 0 Å². The average molecular weight is 799 g/mol. The van der Waals surface area contributed by atoms with Crippen LogP contribution in [0, 0.1) is 34.1 Å². The number of fused-ring (bicyclic) bond motifs is 3. The number of rotatable bonds is 10. The molecule has 4 heterocycles. The fraction of sp³-hybridized carbons (Fsp3) is 0.146. The minimum absolute atomic E-state index is 0.00908. The first-order valence-electron chi connectivity index (χ1n) is 17.9. The molecule has 4 aromatic carbocycles. The average Bonchev–Trinajstić information content (AvgIpc) is 3.80. The molecular weight excluding hydrogens is 765 g/mol. The number of pyridine rings is 1. The summed E-state index contributed by atoms with van der Waals surface area (Å²) < 4.78 is 13.7. The number of anilines is 2. The Bertz CT molecular complexity index is 2620. The molecule has 3 aromatic heterocycles. The van der Waals surface area contributed by atoms with Gasteiger partial charge in [-0.2, -0.15) is 0 Å². The van der Waals surface area contributed by atoms with E-state index in [9.17, 15) is 29.8 Å². The zero-order valence-corrected chi connectivity index (χ0v) is 31.9. The molecule has 16 nitrogen and oxygen atoms in total. The van der Waals surface area contributed by atoms with Crippen molar-refractivity contribution in [1.29, 1.82) is 0 Å². The minimum Gasteiger partial charge on any atom is -0.458 e. The van der Waals surface area contributed by atoms with Gasteiger partial charge in [0, 0.05) is 34.6 Å². The van der Waals surface area contributed by atoms with E-state index in [4.69, 9.17) is 9.47 Å². The molecule has 0 aliphatic carbocycles. The molecule has 0 unspecified atom stereocenters. The zero-order valence-electron chi connectivity index (χ0n) is 31.1. The van der Waals surface area contributed by atoms with Gasteiger partial charge in [0.25, 0.3) is 0 Å². The Balaban J connectivity index is 0.000000177. The number of ether oxygens (including phenoxy) is 2. The van der Waals surface area contributed by atoms with Gasteiger partial charge in [-0.3, -0.25) is 0 Å². The number of aromatic nitrogens is 5. The van der Waals surface area contributed by atoms with E-state index in [0.717, 1.165) is 26.7 Å². The summed E-state index contributed by atoms with van der Waals surface area (Å²) in [6.45, 7) is 3.60. The summed E-state index contributed by atoms with van der Waals surface area (Å²) in [7, 11) is 0. The number of benzene rings is 4. The molecule has 0 spiro atoms. The van der Waals surface area contributed by atoms with Gasteiger partial charge in [-0.15, -0.1) is 0 Å². The van der Waals surface area contributed by atoms with Crippen molar-refractivity contribution in [3.05, 3.63) is 159 Å². The lowest BCUT2D eigenvalue weighted by Gasteiger charge is -2.30. The van der Waals surface area contributed by atoms with Gasteiger partial charge in [-0.25, -0.2) is 38.6 Å². The number of carbonyl (C=O) groups excluding carboxylic acids is 2. The van der Waals surface area contributed by atoms with Crippen LogP contribution >= 0.6 is 11.8 Å². The third-order valence-corrected chi connectivity index (χ3v) is 10.3. The van der Waals surface area contributed by atoms with Crippen LogP contribution in [0.25, 0.3) is 22.2 Å². The van der Waals surface area contributed by atoms with Crippen molar-refractivity contribution in [3.8, 4) is 11.3 Å². The van der Waals surface area contributed by atoms with Gasteiger partial charge in [-0.05, 0) is 46.2 Å². The smallest absolute Gasteiger partial charge is 0.419 e. The number of aryl methyl sites for hydroxylation is 2. The number of hydrogen-bond acceptors (Lipinski definition) is 12. The molecule has 0 radical (unpaired) electrons. The summed E-state index contributed by atoms with van der Waals surface area (Å²) in [5, 5.41) is 22.9. The van der Waals surface area contributed by atoms with E-state index in [2.05, 4.69) is 15.0 Å². The van der Waals surface area contributed by atoms with Crippen molar-refractivity contribution in [3.63, 3.8) is 0 Å². The number of amides is 1. The molecular formula is C41H34N8O8S. The number of carbonyl (C=O) groups is 2. The fourth-order valence-electron chi connectivity index (χ4n) is 6.36. The van der Waals surface area contributed by atoms with Gasteiger partial charge >= 0.3 is 23.7 Å². The predicted octanol–water partition coefficient (Wildman–Crippen LogP) is 8.71. The van der Waals surface area contributed by atoms with Crippen LogP contribution in [0.15, 0.2) is 131 Å². The van der Waals surface area contributed by atoms with E-state index in [-0.39, 0.29) is 37.9 Å². The molecule has 1 aliphatic heterocycles. The lowest BCUT2D eigenvalue weighted by molar-refractivity contribution is -0.392. The van der Waals surface area contributed by atoms with Crippen molar-refractivity contribution in [2.45, 2.75) is 36.7 Å². The maximum Gasteiger partial charge on any atom is 0.419 e. The number of para-hydroxylation sites is 3. The topological polar surface area (TPSA) is 191 Å². The van der Waals surface area contributed by atoms with Crippen LogP contribution < -0.4 is 4.90 Å². The molecule has 7 aromatic rings. The Kier molecular flexibility index (Phi) is 11.5. The van der Waals surface area contributed by atoms with E-state index in [1.54, 1.807) is 31.7 Å². The molecule has 292 valence electrons. The second-order valence-electron chi connectivity index (χ2n) is 12.7. The van der Waals surface area contributed by atoms with Crippen LogP contribution in [-0.4, -0.2) is 59.2 Å². The van der Waals surface area contributed by atoms with Crippen LogP contribution in [0.4, 0.5) is 27.8 Å². The first-order valence-corrected chi connectivity index (χ1v) is 18.7. The Labute approximate surface area is 335 Å². The van der Waals surface area contributed by atoms with Gasteiger partial charge in [-0.1, -0.05) is 84.6 Å². The summed E-state index contributed by atoms with van der Waals surface area (Å²) in [6, 6.07) is 33.9. The van der Waals surface area contributed by atoms with E-state index in [0.29, 0.717) is 33.8 Å². The Morgan fingerprint density at radius 2 is 1.21 bits per heavy atom. The fourth-order valence-corrected chi connectivity index (χ4v) is 7.41. The third kappa shape index (κ3) is 8.24. The number of hydrogen-bond donors (Lipinski definition) is 0. The third-order valence-electron chi connectivity index (χ3n) is 9.15. The van der Waals surface area contributed by atoms with Gasteiger partial charge in [0.2, 0.25) is 0 Å².